The normalized spacial score (nSPS) is 12.0. The zero-order chi connectivity index (χ0) is 28.0. The number of hydrogen-bond acceptors (Lipinski definition) is 4. The quantitative estimate of drug-likeness (QED) is 0.312. The van der Waals surface area contributed by atoms with Crippen molar-refractivity contribution in [1.82, 2.24) is 14.8 Å². The molecule has 0 spiro atoms. The molecule has 2 aromatic heterocycles. The van der Waals surface area contributed by atoms with Crippen LogP contribution in [0.3, 0.4) is 0 Å². The first kappa shape index (κ1) is 26.5. The molecule has 0 aliphatic carbocycles. The average molecular weight is 539 g/mol. The van der Waals surface area contributed by atoms with Crippen molar-refractivity contribution < 1.29 is 39.9 Å². The van der Waals surface area contributed by atoms with Gasteiger partial charge in [0, 0.05) is 11.5 Å². The number of nitriles is 1. The highest BCUT2D eigenvalue weighted by Gasteiger charge is 2.40. The molecule has 196 valence electrons. The van der Waals surface area contributed by atoms with E-state index in [9.17, 15) is 39.9 Å². The Morgan fingerprint density at radius 1 is 1.00 bits per heavy atom. The summed E-state index contributed by atoms with van der Waals surface area (Å²) >= 11 is 0. The molecule has 1 N–H and O–H groups in total. The van der Waals surface area contributed by atoms with Crippen LogP contribution >= 0.6 is 0 Å². The molecule has 2 heterocycles. The number of fused-ring (bicyclic) bond motifs is 1. The van der Waals surface area contributed by atoms with Crippen molar-refractivity contribution in [1.29, 1.82) is 5.26 Å². The number of carbonyl (C=O) groups excluding carboxylic acids is 1. The van der Waals surface area contributed by atoms with E-state index in [0.29, 0.717) is 23.3 Å². The first-order valence-corrected chi connectivity index (χ1v) is 10.5. The van der Waals surface area contributed by atoms with Crippen molar-refractivity contribution >= 4 is 22.5 Å². The van der Waals surface area contributed by atoms with Gasteiger partial charge >= 0.3 is 12.4 Å². The number of carbonyl (C=O) groups is 1. The lowest BCUT2D eigenvalue weighted by atomic mass is 10.1. The summed E-state index contributed by atoms with van der Waals surface area (Å²) in [7, 11) is 0. The van der Waals surface area contributed by atoms with Gasteiger partial charge in [0.05, 0.1) is 40.6 Å². The molecule has 6 nitrogen and oxygen atoms in total. The summed E-state index contributed by atoms with van der Waals surface area (Å²) in [5.74, 6) is -4.49. The van der Waals surface area contributed by atoms with Gasteiger partial charge in [0.2, 0.25) is 0 Å². The molecule has 14 heteroatoms. The van der Waals surface area contributed by atoms with E-state index in [1.807, 2.05) is 11.4 Å². The Bertz CT molecular complexity index is 1600. The van der Waals surface area contributed by atoms with E-state index in [4.69, 9.17) is 5.26 Å². The predicted octanol–water partition coefficient (Wildman–Crippen LogP) is 6.23. The Balaban J connectivity index is 1.80. The maximum absolute atomic E-state index is 13.9. The van der Waals surface area contributed by atoms with Gasteiger partial charge in [-0.05, 0) is 36.8 Å². The first-order chi connectivity index (χ1) is 17.7. The van der Waals surface area contributed by atoms with Crippen LogP contribution in [0.5, 0.6) is 0 Å². The third-order valence-electron chi connectivity index (χ3n) is 5.51. The highest BCUT2D eigenvalue weighted by Crippen LogP contribution is 2.37. The second-order valence-electron chi connectivity index (χ2n) is 8.06. The number of alkyl halides is 6. The molecule has 0 aliphatic heterocycles. The van der Waals surface area contributed by atoms with Crippen LogP contribution in [0.15, 0.2) is 42.5 Å². The van der Waals surface area contributed by atoms with Crippen LogP contribution in [0.2, 0.25) is 0 Å². The lowest BCUT2D eigenvalue weighted by Gasteiger charge is -2.13. The predicted molar refractivity (Wildman–Crippen MR) is 117 cm³/mol. The molecule has 0 saturated heterocycles. The van der Waals surface area contributed by atoms with Crippen LogP contribution in [0.4, 0.5) is 40.8 Å². The smallest absolute Gasteiger partial charge is 0.319 e. The van der Waals surface area contributed by atoms with Crippen molar-refractivity contribution in [2.24, 2.45) is 0 Å². The summed E-state index contributed by atoms with van der Waals surface area (Å²) in [5, 5.41) is 13.8. The second-order valence-corrected chi connectivity index (χ2v) is 8.06. The van der Waals surface area contributed by atoms with Crippen LogP contribution in [0.25, 0.3) is 10.9 Å². The fourth-order valence-corrected chi connectivity index (χ4v) is 3.64. The fourth-order valence-electron chi connectivity index (χ4n) is 3.64. The highest BCUT2D eigenvalue weighted by atomic mass is 19.4. The lowest BCUT2D eigenvalue weighted by molar-refractivity contribution is -0.141. The third-order valence-corrected chi connectivity index (χ3v) is 5.51. The Morgan fingerprint density at radius 2 is 1.63 bits per heavy atom. The van der Waals surface area contributed by atoms with E-state index in [-0.39, 0.29) is 18.3 Å². The number of hydrogen-bond donors (Lipinski definition) is 1. The summed E-state index contributed by atoms with van der Waals surface area (Å²) in [4.78, 5) is 16.2. The number of pyridine rings is 1. The van der Waals surface area contributed by atoms with Crippen LogP contribution in [0, 0.1) is 29.9 Å². The number of halogens is 8. The molecule has 38 heavy (non-hydrogen) atoms. The second kappa shape index (κ2) is 9.40. The van der Waals surface area contributed by atoms with Crippen molar-refractivity contribution in [2.45, 2.75) is 25.8 Å². The van der Waals surface area contributed by atoms with Crippen LogP contribution in [-0.4, -0.2) is 20.7 Å². The Morgan fingerprint density at radius 3 is 2.21 bits per heavy atom. The number of nitrogens with one attached hydrogen (secondary N) is 1. The summed E-state index contributed by atoms with van der Waals surface area (Å²) in [6, 6.07) is 8.76. The fraction of sp³-hybridized carbons (Fsp3) is 0.167. The molecule has 0 radical (unpaired) electrons. The number of nitrogens with zero attached hydrogens (tertiary/aromatic N) is 4. The van der Waals surface area contributed by atoms with Gasteiger partial charge in [-0.1, -0.05) is 12.1 Å². The van der Waals surface area contributed by atoms with Crippen LogP contribution in [-0.2, 0) is 18.9 Å². The van der Waals surface area contributed by atoms with Crippen molar-refractivity contribution in [3.8, 4) is 6.07 Å². The van der Waals surface area contributed by atoms with E-state index in [2.05, 4.69) is 10.1 Å². The number of amides is 1. The van der Waals surface area contributed by atoms with Crippen LogP contribution in [0.1, 0.15) is 38.6 Å². The minimum atomic E-state index is -5.10. The minimum Gasteiger partial charge on any atom is -0.319 e. The Labute approximate surface area is 208 Å². The Hall–Kier alpha value is -4.54. The zero-order valence-electron chi connectivity index (χ0n) is 19.0. The van der Waals surface area contributed by atoms with Gasteiger partial charge in [0.15, 0.2) is 17.3 Å². The van der Waals surface area contributed by atoms with Crippen LogP contribution < -0.4 is 5.32 Å². The molecule has 0 saturated carbocycles. The summed E-state index contributed by atoms with van der Waals surface area (Å²) in [6.45, 7) is 1.000. The topological polar surface area (TPSA) is 83.6 Å². The number of benzene rings is 2. The Kier molecular flexibility index (Phi) is 6.56. The van der Waals surface area contributed by atoms with Gasteiger partial charge in [-0.15, -0.1) is 0 Å². The van der Waals surface area contributed by atoms with Crippen molar-refractivity contribution in [3.63, 3.8) is 0 Å². The molecule has 2 aromatic carbocycles. The average Bonchev–Trinajstić information content (AvgIpc) is 3.14. The molecular formula is C24H13F8N5O. The molecule has 0 atom stereocenters. The summed E-state index contributed by atoms with van der Waals surface area (Å²) < 4.78 is 110. The van der Waals surface area contributed by atoms with Gasteiger partial charge in [-0.3, -0.25) is 9.48 Å². The zero-order valence-corrected chi connectivity index (χ0v) is 19.0. The standard InChI is InChI=1S/C24H13F8N5O/c1-11-20(21(24(30,31)32)36-37(11)10-13-4-2-12(9-33)3-5-13)35-22(38)15-7-19(23(27,28)29)34-18-8-17(26)16(25)6-14(15)18/h2-8H,10H2,1H3,(H,35,38). The number of anilines is 1. The van der Waals surface area contributed by atoms with Gasteiger partial charge in [0.1, 0.15) is 5.69 Å². The SMILES string of the molecule is Cc1c(NC(=O)c2cc(C(F)(F)F)nc3cc(F)c(F)cc23)c(C(F)(F)F)nn1Cc1ccc(C#N)cc1. The van der Waals surface area contributed by atoms with Gasteiger partial charge in [0.25, 0.3) is 5.91 Å². The third kappa shape index (κ3) is 5.13. The molecule has 0 unspecified atom stereocenters. The molecule has 0 fully saturated rings. The van der Waals surface area contributed by atoms with Crippen molar-refractivity contribution in [3.05, 3.63) is 87.9 Å². The maximum atomic E-state index is 13.9. The molecule has 0 bridgehead atoms. The summed E-state index contributed by atoms with van der Waals surface area (Å²) in [5.41, 5.74) is -5.02. The first-order valence-electron chi connectivity index (χ1n) is 10.5. The molecule has 4 aromatic rings. The van der Waals surface area contributed by atoms with Gasteiger partial charge in [-0.2, -0.15) is 36.7 Å². The number of rotatable bonds is 4. The molecule has 1 amide bonds. The minimum absolute atomic E-state index is 0.193. The lowest BCUT2D eigenvalue weighted by Crippen LogP contribution is -2.19. The largest absolute Gasteiger partial charge is 0.437 e. The number of aromatic nitrogens is 3. The molecule has 4 rings (SSSR count). The van der Waals surface area contributed by atoms with E-state index >= 15 is 0 Å². The molecular weight excluding hydrogens is 526 g/mol. The van der Waals surface area contributed by atoms with E-state index in [0.717, 1.165) is 4.68 Å². The van der Waals surface area contributed by atoms with Crippen molar-refractivity contribution in [2.75, 3.05) is 5.32 Å². The maximum Gasteiger partial charge on any atom is 0.437 e. The van der Waals surface area contributed by atoms with Gasteiger partial charge < -0.3 is 5.32 Å². The monoisotopic (exact) mass is 539 g/mol. The molecule has 0 aliphatic rings. The van der Waals surface area contributed by atoms with E-state index < -0.39 is 63.4 Å². The van der Waals surface area contributed by atoms with E-state index in [1.54, 1.807) is 0 Å². The highest BCUT2D eigenvalue weighted by molar-refractivity contribution is 6.12. The van der Waals surface area contributed by atoms with E-state index in [1.165, 1.54) is 31.2 Å². The van der Waals surface area contributed by atoms with Gasteiger partial charge in [-0.25, -0.2) is 13.8 Å². The summed E-state index contributed by atoms with van der Waals surface area (Å²) in [6.07, 6.45) is -10.2.